The van der Waals surface area contributed by atoms with Crippen molar-refractivity contribution in [1.82, 2.24) is 29.2 Å². The smallest absolute Gasteiger partial charge is 0.410 e. The SMILES string of the molecule is CC(C)(C)OC(=O)N1CC=C(c2cc3c(Nc4ccc5ncc(-c6ccccc6C(N)=O)n5c4)ncnc3[nH]2)CC1. The number of nitrogens with one attached hydrogen (secondary N) is 2. The summed E-state index contributed by atoms with van der Waals surface area (Å²) in [5.41, 5.74) is 11.2. The second-order valence-corrected chi connectivity index (χ2v) is 10.9. The molecule has 0 fully saturated rings. The number of aromatic amines is 1. The van der Waals surface area contributed by atoms with Crippen molar-refractivity contribution in [3.8, 4) is 11.3 Å². The lowest BCUT2D eigenvalue weighted by Gasteiger charge is -2.29. The minimum atomic E-state index is -0.529. The van der Waals surface area contributed by atoms with Crippen molar-refractivity contribution in [3.63, 3.8) is 0 Å². The van der Waals surface area contributed by atoms with Gasteiger partial charge in [-0.15, -0.1) is 0 Å². The molecule has 0 saturated carbocycles. The maximum absolute atomic E-state index is 12.4. The van der Waals surface area contributed by atoms with Gasteiger partial charge in [0.2, 0.25) is 5.91 Å². The summed E-state index contributed by atoms with van der Waals surface area (Å²) in [5.74, 6) is 0.143. The number of hydrogen-bond donors (Lipinski definition) is 3. The zero-order valence-electron chi connectivity index (χ0n) is 23.0. The Morgan fingerprint density at radius 1 is 1.10 bits per heavy atom. The minimum Gasteiger partial charge on any atom is -0.444 e. The number of H-pyrrole nitrogens is 1. The largest absolute Gasteiger partial charge is 0.444 e. The van der Waals surface area contributed by atoms with Crippen molar-refractivity contribution < 1.29 is 14.3 Å². The molecule has 0 spiro atoms. The van der Waals surface area contributed by atoms with Gasteiger partial charge in [-0.05, 0) is 57.0 Å². The standard InChI is InChI=1S/C30H30N8O3/c1-30(2,3)41-29(40)37-12-10-18(11-13-37)23-14-22-27(33-17-34-28(22)36-23)35-19-8-9-25-32-15-24(38(25)16-19)20-6-4-5-7-21(20)26(31)39/h4-10,14-17H,11-13H2,1-3H3,(H2,31,39)(H2,33,34,35,36). The highest BCUT2D eigenvalue weighted by molar-refractivity contribution is 5.99. The summed E-state index contributed by atoms with van der Waals surface area (Å²) in [5, 5.41) is 4.24. The Hall–Kier alpha value is -5.19. The maximum Gasteiger partial charge on any atom is 0.410 e. The topological polar surface area (TPSA) is 144 Å². The third-order valence-electron chi connectivity index (χ3n) is 6.87. The van der Waals surface area contributed by atoms with E-state index in [1.54, 1.807) is 23.2 Å². The molecule has 0 radical (unpaired) electrons. The number of rotatable bonds is 5. The Labute approximate surface area is 236 Å². The zero-order chi connectivity index (χ0) is 28.7. The number of anilines is 2. The van der Waals surface area contributed by atoms with Crippen molar-refractivity contribution in [3.05, 3.63) is 78.5 Å². The molecule has 6 rings (SSSR count). The van der Waals surface area contributed by atoms with Gasteiger partial charge in [0.25, 0.3) is 0 Å². The van der Waals surface area contributed by atoms with Gasteiger partial charge < -0.3 is 25.7 Å². The number of ether oxygens (including phenoxy) is 1. The lowest BCUT2D eigenvalue weighted by Crippen LogP contribution is -2.39. The molecule has 4 N–H and O–H groups in total. The Morgan fingerprint density at radius 2 is 1.93 bits per heavy atom. The molecule has 0 atom stereocenters. The van der Waals surface area contributed by atoms with Crippen LogP contribution in [0.25, 0.3) is 33.5 Å². The van der Waals surface area contributed by atoms with E-state index in [0.717, 1.165) is 33.7 Å². The van der Waals surface area contributed by atoms with Gasteiger partial charge in [0.1, 0.15) is 29.0 Å². The number of primary amides is 1. The maximum atomic E-state index is 12.4. The molecule has 0 bridgehead atoms. The van der Waals surface area contributed by atoms with Gasteiger partial charge in [0.15, 0.2) is 0 Å². The molecule has 2 amide bonds. The van der Waals surface area contributed by atoms with Crippen LogP contribution >= 0.6 is 0 Å². The number of benzene rings is 1. The number of nitrogens with zero attached hydrogens (tertiary/aromatic N) is 5. The first kappa shape index (κ1) is 26.1. The van der Waals surface area contributed by atoms with Crippen molar-refractivity contribution in [2.24, 2.45) is 5.73 Å². The summed E-state index contributed by atoms with van der Waals surface area (Å²) >= 11 is 0. The molecule has 5 aromatic rings. The van der Waals surface area contributed by atoms with E-state index in [-0.39, 0.29) is 6.09 Å². The molecule has 11 heteroatoms. The van der Waals surface area contributed by atoms with Crippen LogP contribution in [-0.4, -0.2) is 59.9 Å². The second-order valence-electron chi connectivity index (χ2n) is 10.9. The highest BCUT2D eigenvalue weighted by Gasteiger charge is 2.24. The minimum absolute atomic E-state index is 0.307. The Balaban J connectivity index is 1.27. The normalized spacial score (nSPS) is 13.8. The number of imidazole rings is 1. The van der Waals surface area contributed by atoms with E-state index in [2.05, 4.69) is 25.3 Å². The number of amides is 2. The van der Waals surface area contributed by atoms with Crippen molar-refractivity contribution in [2.45, 2.75) is 32.8 Å². The molecular formula is C30H30N8O3. The molecule has 0 unspecified atom stereocenters. The third kappa shape index (κ3) is 5.21. The Morgan fingerprint density at radius 3 is 2.68 bits per heavy atom. The zero-order valence-corrected chi connectivity index (χ0v) is 23.0. The second kappa shape index (κ2) is 10.1. The summed E-state index contributed by atoms with van der Waals surface area (Å²) in [6, 6.07) is 13.0. The van der Waals surface area contributed by atoms with Gasteiger partial charge in [-0.3, -0.25) is 9.20 Å². The van der Waals surface area contributed by atoms with E-state index in [1.807, 2.05) is 67.8 Å². The van der Waals surface area contributed by atoms with Crippen LogP contribution in [-0.2, 0) is 4.74 Å². The molecule has 1 aliphatic rings. The molecule has 41 heavy (non-hydrogen) atoms. The summed E-state index contributed by atoms with van der Waals surface area (Å²) in [6.45, 7) is 6.63. The van der Waals surface area contributed by atoms with E-state index >= 15 is 0 Å². The highest BCUT2D eigenvalue weighted by atomic mass is 16.6. The predicted molar refractivity (Wildman–Crippen MR) is 157 cm³/mol. The average Bonchev–Trinajstić information content (AvgIpc) is 3.57. The Kier molecular flexibility index (Phi) is 6.41. The number of nitrogens with two attached hydrogens (primary N) is 1. The van der Waals surface area contributed by atoms with Crippen LogP contribution in [0, 0.1) is 0 Å². The first-order valence-electron chi connectivity index (χ1n) is 13.3. The van der Waals surface area contributed by atoms with E-state index in [1.165, 1.54) is 6.33 Å². The molecule has 0 saturated heterocycles. The van der Waals surface area contributed by atoms with E-state index in [4.69, 9.17) is 10.5 Å². The van der Waals surface area contributed by atoms with Crippen molar-refractivity contribution >= 4 is 45.8 Å². The average molecular weight is 551 g/mol. The molecule has 1 aromatic carbocycles. The quantitative estimate of drug-likeness (QED) is 0.275. The summed E-state index contributed by atoms with van der Waals surface area (Å²) in [4.78, 5) is 43.0. The first-order valence-corrected chi connectivity index (χ1v) is 13.3. The van der Waals surface area contributed by atoms with Crippen molar-refractivity contribution in [2.75, 3.05) is 18.4 Å². The van der Waals surface area contributed by atoms with Crippen LogP contribution in [0.15, 0.2) is 67.3 Å². The Bertz CT molecular complexity index is 1830. The van der Waals surface area contributed by atoms with Crippen LogP contribution in [0.1, 0.15) is 43.2 Å². The molecule has 0 aliphatic carbocycles. The van der Waals surface area contributed by atoms with Gasteiger partial charge in [-0.25, -0.2) is 19.7 Å². The van der Waals surface area contributed by atoms with E-state index in [9.17, 15) is 9.59 Å². The van der Waals surface area contributed by atoms with Gasteiger partial charge in [0.05, 0.1) is 23.0 Å². The monoisotopic (exact) mass is 550 g/mol. The highest BCUT2D eigenvalue weighted by Crippen LogP contribution is 2.31. The number of pyridine rings is 1. The van der Waals surface area contributed by atoms with Gasteiger partial charge >= 0.3 is 6.09 Å². The molecule has 11 nitrogen and oxygen atoms in total. The predicted octanol–water partition coefficient (Wildman–Crippen LogP) is 5.14. The molecular weight excluding hydrogens is 520 g/mol. The number of carbonyl (C=O) groups is 2. The number of hydrogen-bond acceptors (Lipinski definition) is 7. The summed E-state index contributed by atoms with van der Waals surface area (Å²) in [7, 11) is 0. The van der Waals surface area contributed by atoms with Crippen molar-refractivity contribution in [1.29, 1.82) is 0 Å². The number of aromatic nitrogens is 5. The molecule has 208 valence electrons. The van der Waals surface area contributed by atoms with Crippen LogP contribution < -0.4 is 11.1 Å². The van der Waals surface area contributed by atoms with E-state index in [0.29, 0.717) is 42.1 Å². The fraction of sp³-hybridized carbons (Fsp3) is 0.233. The first-order chi connectivity index (χ1) is 19.7. The number of fused-ring (bicyclic) bond motifs is 2. The lowest BCUT2D eigenvalue weighted by molar-refractivity contribution is 0.0270. The fourth-order valence-corrected chi connectivity index (χ4v) is 4.93. The molecule has 5 heterocycles. The summed E-state index contributed by atoms with van der Waals surface area (Å²) < 4.78 is 7.42. The van der Waals surface area contributed by atoms with Gasteiger partial charge in [0, 0.05) is 36.1 Å². The fourth-order valence-electron chi connectivity index (χ4n) is 4.93. The molecule has 4 aromatic heterocycles. The third-order valence-corrected chi connectivity index (χ3v) is 6.87. The van der Waals surface area contributed by atoms with E-state index < -0.39 is 11.5 Å². The van der Waals surface area contributed by atoms with Gasteiger partial charge in [-0.1, -0.05) is 24.3 Å². The summed E-state index contributed by atoms with van der Waals surface area (Å²) in [6.07, 6.45) is 7.56. The van der Waals surface area contributed by atoms with Gasteiger partial charge in [-0.2, -0.15) is 0 Å². The number of carbonyl (C=O) groups excluding carboxylic acids is 2. The van der Waals surface area contributed by atoms with Crippen LogP contribution in [0.3, 0.4) is 0 Å². The lowest BCUT2D eigenvalue weighted by atomic mass is 10.0. The molecule has 1 aliphatic heterocycles. The van der Waals surface area contributed by atoms with Crippen LogP contribution in [0.2, 0.25) is 0 Å². The van der Waals surface area contributed by atoms with Crippen LogP contribution in [0.4, 0.5) is 16.3 Å². The van der Waals surface area contributed by atoms with Crippen LogP contribution in [0.5, 0.6) is 0 Å².